The number of carboxylic acid groups (broad SMARTS) is 1. The number of rotatable bonds is 3. The Balaban J connectivity index is 1.66. The van der Waals surface area contributed by atoms with Gasteiger partial charge in [0.25, 0.3) is 0 Å². The Bertz CT molecular complexity index is 792. The van der Waals surface area contributed by atoms with E-state index in [4.69, 9.17) is 5.11 Å². The van der Waals surface area contributed by atoms with Crippen molar-refractivity contribution in [2.75, 3.05) is 0 Å². The van der Waals surface area contributed by atoms with Crippen molar-refractivity contribution in [3.63, 3.8) is 0 Å². The summed E-state index contributed by atoms with van der Waals surface area (Å²) >= 11 is 0. The van der Waals surface area contributed by atoms with E-state index in [-0.39, 0.29) is 17.3 Å². The number of hydrogen-bond donors (Lipinski definition) is 1. The molecule has 0 bridgehead atoms. The molecule has 0 amide bonds. The third kappa shape index (κ3) is 2.56. The van der Waals surface area contributed by atoms with Crippen LogP contribution in [0.3, 0.4) is 0 Å². The molecule has 0 heterocycles. The van der Waals surface area contributed by atoms with Crippen molar-refractivity contribution in [1.29, 1.82) is 0 Å². The van der Waals surface area contributed by atoms with Crippen LogP contribution in [0.1, 0.15) is 39.4 Å². The number of hydrogen-bond acceptors (Lipinski definition) is 1. The summed E-state index contributed by atoms with van der Waals surface area (Å²) in [6.45, 7) is 0. The number of fused-ring (bicyclic) bond motifs is 2. The average Bonchev–Trinajstić information content (AvgIpc) is 3.34. The molecular formula is C20H17FO2. The summed E-state index contributed by atoms with van der Waals surface area (Å²) in [6.07, 6.45) is 4.00. The standard InChI is InChI=1S/C20H17FO2/c21-19(12-5-7-13(8-6-12)20(22)23)11-18-16-4-2-1-3-14(16)9-15-10-17(15)18/h1-8,11,15,17-18H,9-10H2,(H,22,23)/b19-11+. The van der Waals surface area contributed by atoms with Gasteiger partial charge in [0.15, 0.2) is 0 Å². The van der Waals surface area contributed by atoms with E-state index in [1.54, 1.807) is 6.08 Å². The van der Waals surface area contributed by atoms with Gasteiger partial charge in [0.1, 0.15) is 5.83 Å². The second kappa shape index (κ2) is 5.34. The Hall–Kier alpha value is -2.42. The molecule has 0 saturated heterocycles. The van der Waals surface area contributed by atoms with Crippen molar-refractivity contribution in [1.82, 2.24) is 0 Å². The maximum absolute atomic E-state index is 14.7. The zero-order valence-corrected chi connectivity index (χ0v) is 12.6. The Morgan fingerprint density at radius 2 is 1.78 bits per heavy atom. The van der Waals surface area contributed by atoms with Gasteiger partial charge < -0.3 is 5.11 Å². The Kier molecular flexibility index (Phi) is 3.29. The molecule has 3 heteroatoms. The van der Waals surface area contributed by atoms with Crippen molar-refractivity contribution in [3.8, 4) is 0 Å². The molecule has 0 aromatic heterocycles. The van der Waals surface area contributed by atoms with Gasteiger partial charge in [0.2, 0.25) is 0 Å². The molecule has 116 valence electrons. The molecular weight excluding hydrogens is 291 g/mol. The topological polar surface area (TPSA) is 37.3 Å². The van der Waals surface area contributed by atoms with Gasteiger partial charge in [-0.05, 0) is 54.0 Å². The van der Waals surface area contributed by atoms with Crippen molar-refractivity contribution in [2.45, 2.75) is 18.8 Å². The fourth-order valence-corrected chi connectivity index (χ4v) is 3.74. The second-order valence-corrected chi connectivity index (χ2v) is 6.49. The van der Waals surface area contributed by atoms with Crippen molar-refractivity contribution in [3.05, 3.63) is 76.9 Å². The molecule has 3 atom stereocenters. The number of carboxylic acids is 1. The second-order valence-electron chi connectivity index (χ2n) is 6.49. The highest BCUT2D eigenvalue weighted by atomic mass is 19.1. The normalized spacial score (nSPS) is 25.4. The minimum atomic E-state index is -0.997. The van der Waals surface area contributed by atoms with Crippen LogP contribution in [0.25, 0.3) is 5.83 Å². The summed E-state index contributed by atoms with van der Waals surface area (Å²) in [5.41, 5.74) is 3.19. The number of halogens is 1. The summed E-state index contributed by atoms with van der Waals surface area (Å²) < 4.78 is 14.7. The zero-order chi connectivity index (χ0) is 16.0. The first-order chi connectivity index (χ1) is 11.1. The fraction of sp³-hybridized carbons (Fsp3) is 0.250. The Morgan fingerprint density at radius 1 is 1.09 bits per heavy atom. The van der Waals surface area contributed by atoms with Crippen LogP contribution in [0.5, 0.6) is 0 Å². The van der Waals surface area contributed by atoms with E-state index in [2.05, 4.69) is 12.1 Å². The van der Waals surface area contributed by atoms with E-state index >= 15 is 0 Å². The molecule has 0 aliphatic heterocycles. The molecule has 4 rings (SSSR count). The Labute approximate surface area is 134 Å². The summed E-state index contributed by atoms with van der Waals surface area (Å²) in [4.78, 5) is 10.9. The highest BCUT2D eigenvalue weighted by Crippen LogP contribution is 2.56. The lowest BCUT2D eigenvalue weighted by Gasteiger charge is -2.22. The van der Waals surface area contributed by atoms with Gasteiger partial charge in [-0.2, -0.15) is 0 Å². The number of benzene rings is 2. The zero-order valence-electron chi connectivity index (χ0n) is 12.6. The van der Waals surface area contributed by atoms with Crippen LogP contribution >= 0.6 is 0 Å². The number of carbonyl (C=O) groups is 1. The summed E-state index contributed by atoms with van der Waals surface area (Å²) in [7, 11) is 0. The first kappa shape index (κ1) is 14.2. The molecule has 1 N–H and O–H groups in total. The van der Waals surface area contributed by atoms with E-state index < -0.39 is 5.97 Å². The minimum absolute atomic E-state index is 0.129. The van der Waals surface area contributed by atoms with E-state index in [1.165, 1.54) is 41.8 Å². The molecule has 2 aliphatic carbocycles. The molecule has 1 fully saturated rings. The van der Waals surface area contributed by atoms with Gasteiger partial charge in [-0.1, -0.05) is 36.4 Å². The quantitative estimate of drug-likeness (QED) is 0.894. The fourth-order valence-electron chi connectivity index (χ4n) is 3.74. The maximum atomic E-state index is 14.7. The average molecular weight is 308 g/mol. The van der Waals surface area contributed by atoms with E-state index in [0.29, 0.717) is 17.4 Å². The highest BCUT2D eigenvalue weighted by Gasteiger charge is 2.46. The van der Waals surface area contributed by atoms with Gasteiger partial charge in [-0.15, -0.1) is 0 Å². The molecule has 1 saturated carbocycles. The van der Waals surface area contributed by atoms with Crippen LogP contribution in [0.15, 0.2) is 54.6 Å². The lowest BCUT2D eigenvalue weighted by molar-refractivity contribution is 0.0697. The molecule has 0 spiro atoms. The van der Waals surface area contributed by atoms with Crippen molar-refractivity contribution in [2.24, 2.45) is 11.8 Å². The van der Waals surface area contributed by atoms with Gasteiger partial charge in [-0.3, -0.25) is 0 Å². The smallest absolute Gasteiger partial charge is 0.335 e. The molecule has 23 heavy (non-hydrogen) atoms. The third-order valence-corrected chi connectivity index (χ3v) is 5.07. The van der Waals surface area contributed by atoms with E-state index in [0.717, 1.165) is 6.42 Å². The minimum Gasteiger partial charge on any atom is -0.478 e. The summed E-state index contributed by atoms with van der Waals surface area (Å²) in [5.74, 6) is 0.101. The molecule has 2 aliphatic rings. The third-order valence-electron chi connectivity index (χ3n) is 5.07. The highest BCUT2D eigenvalue weighted by molar-refractivity contribution is 5.87. The van der Waals surface area contributed by atoms with E-state index in [1.807, 2.05) is 12.1 Å². The number of allylic oxidation sites excluding steroid dienone is 1. The molecule has 3 unspecified atom stereocenters. The van der Waals surface area contributed by atoms with Crippen LogP contribution in [0, 0.1) is 11.8 Å². The Morgan fingerprint density at radius 3 is 2.52 bits per heavy atom. The predicted octanol–water partition coefficient (Wildman–Crippen LogP) is 4.67. The van der Waals surface area contributed by atoms with Crippen LogP contribution in [-0.4, -0.2) is 11.1 Å². The maximum Gasteiger partial charge on any atom is 0.335 e. The largest absolute Gasteiger partial charge is 0.478 e. The summed E-state index contributed by atoms with van der Waals surface area (Å²) in [6, 6.07) is 14.3. The molecule has 2 nitrogen and oxygen atoms in total. The summed E-state index contributed by atoms with van der Waals surface area (Å²) in [5, 5.41) is 8.92. The predicted molar refractivity (Wildman–Crippen MR) is 87.0 cm³/mol. The molecule has 2 aromatic carbocycles. The van der Waals surface area contributed by atoms with Gasteiger partial charge >= 0.3 is 5.97 Å². The van der Waals surface area contributed by atoms with Crippen LogP contribution in [0.2, 0.25) is 0 Å². The first-order valence-electron chi connectivity index (χ1n) is 7.92. The number of aromatic carboxylic acids is 1. The monoisotopic (exact) mass is 308 g/mol. The van der Waals surface area contributed by atoms with Gasteiger partial charge in [0.05, 0.1) is 5.56 Å². The van der Waals surface area contributed by atoms with Crippen molar-refractivity contribution >= 4 is 11.8 Å². The lowest BCUT2D eigenvalue weighted by Crippen LogP contribution is -2.11. The SMILES string of the molecule is O=C(O)c1ccc(/C(F)=C\C2c3ccccc3CC3CC32)cc1. The molecule has 2 aromatic rings. The van der Waals surface area contributed by atoms with Crippen LogP contribution < -0.4 is 0 Å². The lowest BCUT2D eigenvalue weighted by atomic mass is 9.82. The van der Waals surface area contributed by atoms with E-state index in [9.17, 15) is 9.18 Å². The first-order valence-corrected chi connectivity index (χ1v) is 7.92. The molecule has 0 radical (unpaired) electrons. The van der Waals surface area contributed by atoms with Crippen molar-refractivity contribution < 1.29 is 14.3 Å². The van der Waals surface area contributed by atoms with Gasteiger partial charge in [0, 0.05) is 11.5 Å². The van der Waals surface area contributed by atoms with Gasteiger partial charge in [-0.25, -0.2) is 9.18 Å². The van der Waals surface area contributed by atoms with Crippen LogP contribution in [-0.2, 0) is 6.42 Å². The van der Waals surface area contributed by atoms with Crippen LogP contribution in [0.4, 0.5) is 4.39 Å².